The van der Waals surface area contributed by atoms with Crippen molar-refractivity contribution in [2.24, 2.45) is 0 Å². The van der Waals surface area contributed by atoms with E-state index in [1.807, 2.05) is 18.2 Å². The fraction of sp³-hybridized carbons (Fsp3) is 0.444. The van der Waals surface area contributed by atoms with Crippen molar-refractivity contribution in [3.8, 4) is 5.75 Å². The van der Waals surface area contributed by atoms with Gasteiger partial charge in [0.25, 0.3) is 0 Å². The topological polar surface area (TPSA) is 125 Å². The average Bonchev–Trinajstić information content (AvgIpc) is 2.89. The largest absolute Gasteiger partial charge is 0.573 e. The molecule has 1 N–H and O–H groups in total. The van der Waals surface area contributed by atoms with Crippen LogP contribution in [0.4, 0.5) is 13.2 Å². The molecule has 0 spiro atoms. The van der Waals surface area contributed by atoms with Crippen LogP contribution in [0.3, 0.4) is 0 Å². The molecular formula is C27H32F3N3O7S. The van der Waals surface area contributed by atoms with Gasteiger partial charge in [0.15, 0.2) is 0 Å². The highest BCUT2D eigenvalue weighted by Gasteiger charge is 2.43. The minimum Gasteiger partial charge on any atom is -0.481 e. The van der Waals surface area contributed by atoms with Gasteiger partial charge in [-0.15, -0.1) is 13.2 Å². The molecule has 1 unspecified atom stereocenters. The summed E-state index contributed by atoms with van der Waals surface area (Å²) < 4.78 is 71.6. The molecule has 3 rings (SSSR count). The van der Waals surface area contributed by atoms with E-state index in [1.54, 1.807) is 26.0 Å². The monoisotopic (exact) mass is 599 g/mol. The summed E-state index contributed by atoms with van der Waals surface area (Å²) in [6.45, 7) is 4.60. The van der Waals surface area contributed by atoms with E-state index < -0.39 is 57.8 Å². The third-order valence-electron chi connectivity index (χ3n) is 6.64. The molecule has 1 aliphatic heterocycles. The number of aliphatic carboxylic acids is 1. The van der Waals surface area contributed by atoms with Crippen LogP contribution < -0.4 is 4.74 Å². The van der Waals surface area contributed by atoms with E-state index in [0.717, 1.165) is 28.1 Å². The second kappa shape index (κ2) is 12.9. The number of amides is 2. The Kier molecular flexibility index (Phi) is 10.0. The minimum atomic E-state index is -5.09. The number of aryl methyl sites for hydroxylation is 1. The number of alkyl halides is 3. The molecule has 2 aromatic rings. The van der Waals surface area contributed by atoms with E-state index in [0.29, 0.717) is 0 Å². The first kappa shape index (κ1) is 31.9. The van der Waals surface area contributed by atoms with E-state index in [9.17, 15) is 36.0 Å². The molecule has 0 bridgehead atoms. The van der Waals surface area contributed by atoms with Crippen LogP contribution in [-0.2, 0) is 37.4 Å². The summed E-state index contributed by atoms with van der Waals surface area (Å²) in [6.07, 6.45) is -6.08. The number of nitrogens with zero attached hydrogens (tertiary/aromatic N) is 3. The van der Waals surface area contributed by atoms with Crippen molar-refractivity contribution in [1.82, 2.24) is 14.1 Å². The van der Waals surface area contributed by atoms with Gasteiger partial charge in [0, 0.05) is 45.6 Å². The Morgan fingerprint density at radius 2 is 1.76 bits per heavy atom. The van der Waals surface area contributed by atoms with Crippen LogP contribution in [0.5, 0.6) is 5.75 Å². The summed E-state index contributed by atoms with van der Waals surface area (Å²) in [6, 6.07) is 10.1. The Hall–Kier alpha value is -3.65. The van der Waals surface area contributed by atoms with E-state index in [1.165, 1.54) is 16.7 Å². The maximum absolute atomic E-state index is 13.9. The highest BCUT2D eigenvalue weighted by molar-refractivity contribution is 7.89. The summed E-state index contributed by atoms with van der Waals surface area (Å²) in [5.74, 6) is -2.90. The van der Waals surface area contributed by atoms with Crippen molar-refractivity contribution >= 4 is 27.8 Å². The predicted molar refractivity (Wildman–Crippen MR) is 141 cm³/mol. The molecule has 1 aliphatic rings. The number of carbonyl (C=O) groups is 3. The van der Waals surface area contributed by atoms with Gasteiger partial charge in [-0.3, -0.25) is 14.4 Å². The summed E-state index contributed by atoms with van der Waals surface area (Å²) in [7, 11) is -4.50. The number of benzene rings is 2. The molecule has 1 atom stereocenters. The number of hydrogen-bond acceptors (Lipinski definition) is 6. The van der Waals surface area contributed by atoms with Crippen molar-refractivity contribution in [1.29, 1.82) is 0 Å². The second-order valence-corrected chi connectivity index (χ2v) is 11.7. The van der Waals surface area contributed by atoms with Crippen molar-refractivity contribution in [2.45, 2.75) is 63.5 Å². The number of rotatable bonds is 10. The van der Waals surface area contributed by atoms with Crippen LogP contribution in [0.1, 0.15) is 38.3 Å². The molecule has 1 heterocycles. The van der Waals surface area contributed by atoms with Crippen LogP contribution >= 0.6 is 0 Å². The zero-order chi connectivity index (χ0) is 30.5. The fourth-order valence-electron chi connectivity index (χ4n) is 4.54. The van der Waals surface area contributed by atoms with Crippen molar-refractivity contribution in [2.75, 3.05) is 19.6 Å². The summed E-state index contributed by atoms with van der Waals surface area (Å²) in [4.78, 5) is 39.6. The van der Waals surface area contributed by atoms with Gasteiger partial charge in [0.1, 0.15) is 11.8 Å². The number of sulfonamides is 1. The third kappa shape index (κ3) is 8.19. The SMILES string of the molecule is CC(=O)N1CCN(S(=O)(=O)c2ccc(OC(F)(F)F)c(CCC(=O)O)c2)C(C(=O)N(Cc2ccccc2)C(C)C)C1. The molecular weight excluding hydrogens is 567 g/mol. The lowest BCUT2D eigenvalue weighted by molar-refractivity contribution is -0.274. The molecule has 2 amide bonds. The quantitative estimate of drug-likeness (QED) is 0.445. The lowest BCUT2D eigenvalue weighted by Crippen LogP contribution is -2.62. The fourth-order valence-corrected chi connectivity index (χ4v) is 6.16. The highest BCUT2D eigenvalue weighted by Crippen LogP contribution is 2.32. The molecule has 0 aromatic heterocycles. The lowest BCUT2D eigenvalue weighted by atomic mass is 10.1. The Balaban J connectivity index is 2.03. The van der Waals surface area contributed by atoms with Gasteiger partial charge >= 0.3 is 12.3 Å². The first-order valence-electron chi connectivity index (χ1n) is 12.8. The smallest absolute Gasteiger partial charge is 0.481 e. The summed E-state index contributed by atoms with van der Waals surface area (Å²) >= 11 is 0. The molecule has 41 heavy (non-hydrogen) atoms. The Morgan fingerprint density at radius 3 is 2.32 bits per heavy atom. The van der Waals surface area contributed by atoms with Crippen molar-refractivity contribution in [3.63, 3.8) is 0 Å². The van der Waals surface area contributed by atoms with Crippen LogP contribution in [0.15, 0.2) is 53.4 Å². The third-order valence-corrected chi connectivity index (χ3v) is 8.54. The molecule has 0 saturated carbocycles. The van der Waals surface area contributed by atoms with Crippen LogP contribution in [0.2, 0.25) is 0 Å². The molecule has 224 valence electrons. The minimum absolute atomic E-state index is 0.000152. The van der Waals surface area contributed by atoms with E-state index in [4.69, 9.17) is 5.11 Å². The van der Waals surface area contributed by atoms with Crippen LogP contribution in [-0.4, -0.2) is 83.5 Å². The van der Waals surface area contributed by atoms with Crippen LogP contribution in [0, 0.1) is 0 Å². The van der Waals surface area contributed by atoms with Gasteiger partial charge in [-0.25, -0.2) is 8.42 Å². The number of halogens is 3. The van der Waals surface area contributed by atoms with Crippen molar-refractivity contribution < 1.29 is 45.8 Å². The first-order valence-corrected chi connectivity index (χ1v) is 14.3. The first-order chi connectivity index (χ1) is 19.1. The zero-order valence-corrected chi connectivity index (χ0v) is 23.6. The Bertz CT molecular complexity index is 1370. The number of ether oxygens (including phenoxy) is 1. The average molecular weight is 600 g/mol. The molecule has 14 heteroatoms. The zero-order valence-electron chi connectivity index (χ0n) is 22.8. The number of piperazine rings is 1. The molecule has 0 aliphatic carbocycles. The maximum atomic E-state index is 13.9. The van der Waals surface area contributed by atoms with E-state index in [2.05, 4.69) is 4.74 Å². The summed E-state index contributed by atoms with van der Waals surface area (Å²) in [5, 5.41) is 9.04. The van der Waals surface area contributed by atoms with Gasteiger partial charge in [-0.05, 0) is 49.6 Å². The normalized spacial score (nSPS) is 16.5. The van der Waals surface area contributed by atoms with E-state index >= 15 is 0 Å². The van der Waals surface area contributed by atoms with Crippen molar-refractivity contribution in [3.05, 3.63) is 59.7 Å². The standard InChI is InChI=1S/C27H32F3N3O7S/c1-18(2)32(16-20-7-5-4-6-8-20)26(37)23-17-31(19(3)34)13-14-33(23)41(38,39)22-10-11-24(40-27(28,29)30)21(15-22)9-12-25(35)36/h4-8,10-11,15,18,23H,9,12-14,16-17H2,1-3H3,(H,35,36). The number of hydrogen-bond donors (Lipinski definition) is 1. The number of carboxylic acid groups (broad SMARTS) is 1. The van der Waals surface area contributed by atoms with E-state index in [-0.39, 0.29) is 43.7 Å². The number of carboxylic acids is 1. The molecule has 0 radical (unpaired) electrons. The summed E-state index contributed by atoms with van der Waals surface area (Å²) in [5.41, 5.74) is 0.537. The van der Waals surface area contributed by atoms with Gasteiger partial charge < -0.3 is 19.6 Å². The Morgan fingerprint density at radius 1 is 1.10 bits per heavy atom. The lowest BCUT2D eigenvalue weighted by Gasteiger charge is -2.42. The maximum Gasteiger partial charge on any atom is 0.573 e. The van der Waals surface area contributed by atoms with Crippen LogP contribution in [0.25, 0.3) is 0 Å². The van der Waals surface area contributed by atoms with Gasteiger partial charge in [0.05, 0.1) is 4.90 Å². The second-order valence-electron chi connectivity index (χ2n) is 9.85. The number of carbonyl (C=O) groups excluding carboxylic acids is 2. The Labute approximate surface area is 236 Å². The van der Waals surface area contributed by atoms with Gasteiger partial charge in [-0.1, -0.05) is 30.3 Å². The molecule has 1 fully saturated rings. The predicted octanol–water partition coefficient (Wildman–Crippen LogP) is 3.26. The van der Waals surface area contributed by atoms with Gasteiger partial charge in [0.2, 0.25) is 21.8 Å². The highest BCUT2D eigenvalue weighted by atomic mass is 32.2. The molecule has 10 nitrogen and oxygen atoms in total. The molecule has 1 saturated heterocycles. The van der Waals surface area contributed by atoms with Gasteiger partial charge in [-0.2, -0.15) is 4.31 Å². The molecule has 2 aromatic carbocycles.